The Morgan fingerprint density at radius 2 is 2.36 bits per heavy atom. The molecule has 4 heteroatoms. The van der Waals surface area contributed by atoms with E-state index in [2.05, 4.69) is 17.7 Å². The first-order valence-electron chi connectivity index (χ1n) is 4.80. The Labute approximate surface area is 88.5 Å². The number of aryl methyl sites for hydroxylation is 1. The van der Waals surface area contributed by atoms with Crippen LogP contribution >= 0.6 is 12.6 Å². The number of aromatic nitrogens is 2. The number of thiol groups is 1. The summed E-state index contributed by atoms with van der Waals surface area (Å²) in [4.78, 5) is 11.5. The standard InChI is InChI=1S/C10H14N2OS/c1-8-4-9(13)12(11-5-8)6-10(7-14)2-3-10/h4-5,14H,2-3,6-7H2,1H3. The zero-order valence-electron chi connectivity index (χ0n) is 8.23. The first-order chi connectivity index (χ1) is 6.65. The van der Waals surface area contributed by atoms with E-state index in [1.807, 2.05) is 6.92 Å². The van der Waals surface area contributed by atoms with Gasteiger partial charge >= 0.3 is 0 Å². The third-order valence-electron chi connectivity index (χ3n) is 2.78. The lowest BCUT2D eigenvalue weighted by molar-refractivity contribution is 0.424. The molecule has 0 aromatic carbocycles. The van der Waals surface area contributed by atoms with Crippen molar-refractivity contribution in [2.24, 2.45) is 5.41 Å². The van der Waals surface area contributed by atoms with Crippen molar-refractivity contribution >= 4 is 12.6 Å². The van der Waals surface area contributed by atoms with Crippen LogP contribution in [0.2, 0.25) is 0 Å². The summed E-state index contributed by atoms with van der Waals surface area (Å²) in [5.74, 6) is 0.842. The maximum atomic E-state index is 11.5. The molecule has 76 valence electrons. The Morgan fingerprint density at radius 3 is 2.86 bits per heavy atom. The van der Waals surface area contributed by atoms with Gasteiger partial charge in [-0.15, -0.1) is 0 Å². The fourth-order valence-corrected chi connectivity index (χ4v) is 1.92. The lowest BCUT2D eigenvalue weighted by Crippen LogP contribution is -2.27. The highest BCUT2D eigenvalue weighted by Gasteiger charge is 2.41. The molecule has 0 unspecified atom stereocenters. The topological polar surface area (TPSA) is 34.9 Å². The van der Waals surface area contributed by atoms with Crippen LogP contribution in [0.15, 0.2) is 17.1 Å². The normalized spacial score (nSPS) is 18.1. The predicted octanol–water partition coefficient (Wildman–Crippen LogP) is 1.26. The van der Waals surface area contributed by atoms with Gasteiger partial charge in [-0.1, -0.05) is 0 Å². The molecule has 1 aromatic heterocycles. The van der Waals surface area contributed by atoms with E-state index in [4.69, 9.17) is 0 Å². The van der Waals surface area contributed by atoms with Crippen molar-refractivity contribution in [1.82, 2.24) is 9.78 Å². The van der Waals surface area contributed by atoms with Crippen molar-refractivity contribution in [1.29, 1.82) is 0 Å². The van der Waals surface area contributed by atoms with Gasteiger partial charge in [-0.2, -0.15) is 17.7 Å². The van der Waals surface area contributed by atoms with Gasteiger partial charge < -0.3 is 0 Å². The molecule has 0 saturated heterocycles. The Morgan fingerprint density at radius 1 is 1.64 bits per heavy atom. The van der Waals surface area contributed by atoms with E-state index in [0.29, 0.717) is 0 Å². The van der Waals surface area contributed by atoms with Crippen molar-refractivity contribution in [3.8, 4) is 0 Å². The van der Waals surface area contributed by atoms with E-state index >= 15 is 0 Å². The van der Waals surface area contributed by atoms with E-state index in [1.54, 1.807) is 16.9 Å². The van der Waals surface area contributed by atoms with E-state index < -0.39 is 0 Å². The van der Waals surface area contributed by atoms with Gasteiger partial charge in [0.1, 0.15) is 0 Å². The second-order valence-corrected chi connectivity index (χ2v) is 4.50. The predicted molar refractivity (Wildman–Crippen MR) is 58.8 cm³/mol. The van der Waals surface area contributed by atoms with Crippen LogP contribution < -0.4 is 5.56 Å². The zero-order chi connectivity index (χ0) is 10.2. The summed E-state index contributed by atoms with van der Waals surface area (Å²) in [5, 5.41) is 4.12. The molecule has 1 saturated carbocycles. The van der Waals surface area contributed by atoms with Gasteiger partial charge in [-0.3, -0.25) is 4.79 Å². The summed E-state index contributed by atoms with van der Waals surface area (Å²) in [7, 11) is 0. The molecule has 1 aliphatic rings. The molecular formula is C10H14N2OS. The summed E-state index contributed by atoms with van der Waals surface area (Å²) in [5.41, 5.74) is 1.16. The van der Waals surface area contributed by atoms with Gasteiger partial charge in [0, 0.05) is 6.07 Å². The zero-order valence-corrected chi connectivity index (χ0v) is 9.13. The van der Waals surface area contributed by atoms with Crippen LogP contribution in [0.4, 0.5) is 0 Å². The van der Waals surface area contributed by atoms with Crippen molar-refractivity contribution < 1.29 is 0 Å². The highest BCUT2D eigenvalue weighted by molar-refractivity contribution is 7.80. The lowest BCUT2D eigenvalue weighted by atomic mass is 10.1. The molecule has 0 atom stereocenters. The minimum Gasteiger partial charge on any atom is -0.268 e. The molecule has 14 heavy (non-hydrogen) atoms. The highest BCUT2D eigenvalue weighted by atomic mass is 32.1. The molecule has 1 heterocycles. The maximum absolute atomic E-state index is 11.5. The first-order valence-corrected chi connectivity index (χ1v) is 5.43. The third-order valence-corrected chi connectivity index (χ3v) is 3.45. The summed E-state index contributed by atoms with van der Waals surface area (Å²) in [6.45, 7) is 2.60. The molecule has 0 N–H and O–H groups in total. The van der Waals surface area contributed by atoms with Gasteiger partial charge in [0.15, 0.2) is 0 Å². The highest BCUT2D eigenvalue weighted by Crippen LogP contribution is 2.47. The van der Waals surface area contributed by atoms with Crippen LogP contribution in [0.25, 0.3) is 0 Å². The SMILES string of the molecule is Cc1cnn(CC2(CS)CC2)c(=O)c1. The monoisotopic (exact) mass is 210 g/mol. The third kappa shape index (κ3) is 1.85. The van der Waals surface area contributed by atoms with Crippen LogP contribution in [0, 0.1) is 12.3 Å². The van der Waals surface area contributed by atoms with Gasteiger partial charge in [0.05, 0.1) is 12.7 Å². The molecule has 2 rings (SSSR count). The van der Waals surface area contributed by atoms with Crippen molar-refractivity contribution in [2.75, 3.05) is 5.75 Å². The molecular weight excluding hydrogens is 196 g/mol. The minimum absolute atomic E-state index is 0.00180. The fourth-order valence-electron chi connectivity index (χ4n) is 1.50. The van der Waals surface area contributed by atoms with E-state index in [1.165, 1.54) is 12.8 Å². The van der Waals surface area contributed by atoms with E-state index in [0.717, 1.165) is 17.9 Å². The summed E-state index contributed by atoms with van der Waals surface area (Å²) in [6, 6.07) is 1.63. The molecule has 0 radical (unpaired) electrons. The largest absolute Gasteiger partial charge is 0.268 e. The van der Waals surface area contributed by atoms with Crippen LogP contribution in [0.1, 0.15) is 18.4 Å². The number of rotatable bonds is 3. The molecule has 0 bridgehead atoms. The molecule has 1 fully saturated rings. The fraction of sp³-hybridized carbons (Fsp3) is 0.600. The molecule has 1 aliphatic carbocycles. The summed E-state index contributed by atoms with van der Waals surface area (Å²) in [6.07, 6.45) is 4.06. The van der Waals surface area contributed by atoms with Gasteiger partial charge in [-0.25, -0.2) is 4.68 Å². The van der Waals surface area contributed by atoms with Crippen molar-refractivity contribution in [2.45, 2.75) is 26.3 Å². The second kappa shape index (κ2) is 3.42. The average molecular weight is 210 g/mol. The smallest absolute Gasteiger partial charge is 0.267 e. The summed E-state index contributed by atoms with van der Waals surface area (Å²) >= 11 is 4.31. The number of nitrogens with zero attached hydrogens (tertiary/aromatic N) is 2. The lowest BCUT2D eigenvalue weighted by Gasteiger charge is -2.12. The summed E-state index contributed by atoms with van der Waals surface area (Å²) < 4.78 is 1.55. The Kier molecular flexibility index (Phi) is 2.39. The second-order valence-electron chi connectivity index (χ2n) is 4.19. The van der Waals surface area contributed by atoms with E-state index in [9.17, 15) is 4.79 Å². The number of hydrogen-bond acceptors (Lipinski definition) is 3. The van der Waals surface area contributed by atoms with Gasteiger partial charge in [-0.05, 0) is 36.5 Å². The van der Waals surface area contributed by atoms with Crippen LogP contribution in [-0.4, -0.2) is 15.5 Å². The molecule has 0 amide bonds. The average Bonchev–Trinajstić information content (AvgIpc) is 2.91. The van der Waals surface area contributed by atoms with E-state index in [-0.39, 0.29) is 11.0 Å². The Bertz CT molecular complexity index is 395. The van der Waals surface area contributed by atoms with Crippen molar-refractivity contribution in [3.63, 3.8) is 0 Å². The van der Waals surface area contributed by atoms with Crippen LogP contribution in [-0.2, 0) is 6.54 Å². The number of hydrogen-bond donors (Lipinski definition) is 1. The molecule has 1 aromatic rings. The maximum Gasteiger partial charge on any atom is 0.267 e. The van der Waals surface area contributed by atoms with Crippen LogP contribution in [0.5, 0.6) is 0 Å². The molecule has 3 nitrogen and oxygen atoms in total. The first kappa shape index (κ1) is 9.77. The van der Waals surface area contributed by atoms with Gasteiger partial charge in [0.2, 0.25) is 0 Å². The molecule has 0 spiro atoms. The van der Waals surface area contributed by atoms with Crippen LogP contribution in [0.3, 0.4) is 0 Å². The van der Waals surface area contributed by atoms with Crippen molar-refractivity contribution in [3.05, 3.63) is 28.2 Å². The molecule has 0 aliphatic heterocycles. The Balaban J connectivity index is 2.21. The Hall–Kier alpha value is -0.770. The quantitative estimate of drug-likeness (QED) is 0.762. The minimum atomic E-state index is -0.00180. The van der Waals surface area contributed by atoms with Gasteiger partial charge in [0.25, 0.3) is 5.56 Å².